The molecule has 1 N–H and O–H groups in total. The van der Waals surface area contributed by atoms with E-state index in [1.54, 1.807) is 0 Å². The van der Waals surface area contributed by atoms with Crippen molar-refractivity contribution in [2.24, 2.45) is 0 Å². The Morgan fingerprint density at radius 1 is 1.64 bits per heavy atom. The Balaban J connectivity index is 3.54. The number of hydrogen-bond acceptors (Lipinski definition) is 1. The van der Waals surface area contributed by atoms with Gasteiger partial charge in [-0.05, 0) is 12.8 Å². The van der Waals surface area contributed by atoms with Gasteiger partial charge in [-0.3, -0.25) is 0 Å². The van der Waals surface area contributed by atoms with Crippen LogP contribution in [0.5, 0.6) is 0 Å². The summed E-state index contributed by atoms with van der Waals surface area (Å²) >= 11 is 6.65. The molecule has 2 nitrogen and oxygen atoms in total. The van der Waals surface area contributed by atoms with Crippen molar-refractivity contribution in [3.05, 3.63) is 12.2 Å². The van der Waals surface area contributed by atoms with Crippen molar-refractivity contribution in [1.82, 2.24) is 0 Å². The Morgan fingerprint density at radius 2 is 2.18 bits per heavy atom. The first-order valence-electron chi connectivity index (χ1n) is 3.19. The Morgan fingerprint density at radius 3 is 2.55 bits per heavy atom. The van der Waals surface area contributed by atoms with Crippen molar-refractivity contribution in [2.75, 3.05) is 5.33 Å². The molecule has 1 unspecified atom stereocenters. The van der Waals surface area contributed by atoms with Gasteiger partial charge < -0.3 is 5.11 Å². The van der Waals surface area contributed by atoms with E-state index in [2.05, 4.69) is 38.4 Å². The monoisotopic (exact) mass is 284 g/mol. The fourth-order valence-corrected chi connectivity index (χ4v) is 1.07. The second kappa shape index (κ2) is 5.77. The van der Waals surface area contributed by atoms with Gasteiger partial charge in [-0.15, -0.1) is 0 Å². The van der Waals surface area contributed by atoms with Crippen LogP contribution in [0.1, 0.15) is 12.8 Å². The molecule has 0 fully saturated rings. The van der Waals surface area contributed by atoms with Crippen LogP contribution in [0.3, 0.4) is 0 Å². The number of halogens is 2. The number of aliphatic carboxylic acids is 1. The minimum Gasteiger partial charge on any atom is -0.478 e. The van der Waals surface area contributed by atoms with Crippen LogP contribution in [-0.2, 0) is 4.79 Å². The van der Waals surface area contributed by atoms with E-state index in [1.165, 1.54) is 0 Å². The summed E-state index contributed by atoms with van der Waals surface area (Å²) in [6.45, 7) is 3.42. The average Bonchev–Trinajstić information content (AvgIpc) is 1.99. The molecule has 0 saturated heterocycles. The summed E-state index contributed by atoms with van der Waals surface area (Å²) < 4.78 is 0. The third-order valence-electron chi connectivity index (χ3n) is 1.23. The summed E-state index contributed by atoms with van der Waals surface area (Å²) in [6.07, 6.45) is 1.34. The summed E-state index contributed by atoms with van der Waals surface area (Å²) in [5.41, 5.74) is 0.274. The highest BCUT2D eigenvalue weighted by Crippen LogP contribution is 2.14. The van der Waals surface area contributed by atoms with Crippen LogP contribution in [0, 0.1) is 0 Å². The SMILES string of the molecule is C=C(CCC(Br)CBr)C(=O)O. The van der Waals surface area contributed by atoms with Crippen LogP contribution in [-0.4, -0.2) is 21.2 Å². The van der Waals surface area contributed by atoms with E-state index in [0.717, 1.165) is 11.8 Å². The summed E-state index contributed by atoms with van der Waals surface area (Å²) in [6, 6.07) is 0. The maximum atomic E-state index is 10.3. The topological polar surface area (TPSA) is 37.3 Å². The van der Waals surface area contributed by atoms with Crippen molar-refractivity contribution < 1.29 is 9.90 Å². The minimum atomic E-state index is -0.903. The van der Waals surface area contributed by atoms with Gasteiger partial charge in [0.2, 0.25) is 0 Å². The van der Waals surface area contributed by atoms with Gasteiger partial charge in [-0.2, -0.15) is 0 Å². The predicted molar refractivity (Wildman–Crippen MR) is 52.5 cm³/mol. The molecule has 0 aromatic carbocycles. The van der Waals surface area contributed by atoms with Crippen LogP contribution < -0.4 is 0 Å². The van der Waals surface area contributed by atoms with Crippen LogP contribution in [0.4, 0.5) is 0 Å². The summed E-state index contributed by atoms with van der Waals surface area (Å²) in [5.74, 6) is -0.903. The molecule has 1 atom stereocenters. The molecule has 0 radical (unpaired) electrons. The van der Waals surface area contributed by atoms with Gasteiger partial charge in [-0.1, -0.05) is 38.4 Å². The highest BCUT2D eigenvalue weighted by molar-refractivity contribution is 9.12. The van der Waals surface area contributed by atoms with E-state index in [4.69, 9.17) is 5.11 Å². The molecule has 64 valence electrons. The highest BCUT2D eigenvalue weighted by Gasteiger charge is 2.07. The summed E-state index contributed by atoms with van der Waals surface area (Å²) in [4.78, 5) is 10.6. The fourth-order valence-electron chi connectivity index (χ4n) is 0.515. The lowest BCUT2D eigenvalue weighted by Crippen LogP contribution is -2.04. The fraction of sp³-hybridized carbons (Fsp3) is 0.571. The number of hydrogen-bond donors (Lipinski definition) is 1. The third kappa shape index (κ3) is 5.44. The maximum Gasteiger partial charge on any atom is 0.330 e. The second-order valence-corrected chi connectivity index (χ2v) is 4.14. The quantitative estimate of drug-likeness (QED) is 0.623. The van der Waals surface area contributed by atoms with E-state index < -0.39 is 5.97 Å². The van der Waals surface area contributed by atoms with Crippen LogP contribution in [0.25, 0.3) is 0 Å². The summed E-state index contributed by atoms with van der Waals surface area (Å²) in [7, 11) is 0. The molecule has 0 bridgehead atoms. The Labute approximate surface area is 82.9 Å². The number of carboxylic acids is 1. The van der Waals surface area contributed by atoms with E-state index in [0.29, 0.717) is 11.2 Å². The molecular formula is C7H10Br2O2. The van der Waals surface area contributed by atoms with Gasteiger partial charge in [0, 0.05) is 15.7 Å². The number of alkyl halides is 2. The van der Waals surface area contributed by atoms with Gasteiger partial charge in [0.25, 0.3) is 0 Å². The number of carboxylic acid groups (broad SMARTS) is 1. The average molecular weight is 286 g/mol. The zero-order chi connectivity index (χ0) is 8.85. The second-order valence-electron chi connectivity index (χ2n) is 2.20. The molecule has 0 aliphatic carbocycles. The molecule has 0 saturated carbocycles. The van der Waals surface area contributed by atoms with Crippen molar-refractivity contribution in [3.63, 3.8) is 0 Å². The molecule has 0 rings (SSSR count). The first-order valence-corrected chi connectivity index (χ1v) is 5.22. The standard InChI is InChI=1S/C7H10Br2O2/c1-5(7(10)11)2-3-6(9)4-8/h6H,1-4H2,(H,10,11). The first kappa shape index (κ1) is 11.2. The lowest BCUT2D eigenvalue weighted by Gasteiger charge is -2.04. The van der Waals surface area contributed by atoms with Crippen molar-refractivity contribution in [3.8, 4) is 0 Å². The van der Waals surface area contributed by atoms with Crippen molar-refractivity contribution in [2.45, 2.75) is 17.7 Å². The van der Waals surface area contributed by atoms with E-state index in [-0.39, 0.29) is 5.57 Å². The van der Waals surface area contributed by atoms with Crippen molar-refractivity contribution in [1.29, 1.82) is 0 Å². The molecule has 0 aromatic heterocycles. The maximum absolute atomic E-state index is 10.3. The van der Waals surface area contributed by atoms with Gasteiger partial charge in [-0.25, -0.2) is 4.79 Å². The van der Waals surface area contributed by atoms with Crippen LogP contribution in [0.2, 0.25) is 0 Å². The molecule has 0 amide bonds. The van der Waals surface area contributed by atoms with Gasteiger partial charge in [0.1, 0.15) is 0 Å². The zero-order valence-corrected chi connectivity index (χ0v) is 9.19. The van der Waals surface area contributed by atoms with Crippen molar-refractivity contribution >= 4 is 37.8 Å². The van der Waals surface area contributed by atoms with Gasteiger partial charge >= 0.3 is 5.97 Å². The number of rotatable bonds is 5. The first-order chi connectivity index (χ1) is 5.07. The molecule has 0 spiro atoms. The lowest BCUT2D eigenvalue weighted by molar-refractivity contribution is -0.132. The van der Waals surface area contributed by atoms with E-state index in [9.17, 15) is 4.79 Å². The van der Waals surface area contributed by atoms with E-state index in [1.807, 2.05) is 0 Å². The Bertz CT molecular complexity index is 157. The summed E-state index contributed by atoms with van der Waals surface area (Å²) in [5, 5.41) is 9.27. The lowest BCUT2D eigenvalue weighted by atomic mass is 10.1. The molecule has 0 aliphatic heterocycles. The Hall–Kier alpha value is 0.170. The van der Waals surface area contributed by atoms with Gasteiger partial charge in [0.15, 0.2) is 0 Å². The molecule has 11 heavy (non-hydrogen) atoms. The van der Waals surface area contributed by atoms with E-state index >= 15 is 0 Å². The molecule has 0 heterocycles. The molecular weight excluding hydrogens is 276 g/mol. The minimum absolute atomic E-state index is 0.274. The molecule has 0 aromatic rings. The van der Waals surface area contributed by atoms with Crippen LogP contribution >= 0.6 is 31.9 Å². The predicted octanol–water partition coefficient (Wildman–Crippen LogP) is 2.57. The largest absolute Gasteiger partial charge is 0.478 e. The normalized spacial score (nSPS) is 12.5. The van der Waals surface area contributed by atoms with Gasteiger partial charge in [0.05, 0.1) is 0 Å². The zero-order valence-electron chi connectivity index (χ0n) is 6.02. The molecule has 4 heteroatoms. The highest BCUT2D eigenvalue weighted by atomic mass is 79.9. The Kier molecular flexibility index (Phi) is 5.86. The molecule has 0 aliphatic rings. The van der Waals surface area contributed by atoms with Crippen LogP contribution in [0.15, 0.2) is 12.2 Å². The smallest absolute Gasteiger partial charge is 0.330 e. The number of carbonyl (C=O) groups is 1. The third-order valence-corrected chi connectivity index (χ3v) is 3.66.